The zero-order chi connectivity index (χ0) is 14.6. The lowest BCUT2D eigenvalue weighted by molar-refractivity contribution is -0.275. The van der Waals surface area contributed by atoms with E-state index in [0.717, 1.165) is 6.20 Å². The summed E-state index contributed by atoms with van der Waals surface area (Å²) in [5, 5.41) is 0. The van der Waals surface area contributed by atoms with Crippen molar-refractivity contribution in [1.82, 2.24) is 4.98 Å². The number of rotatable bonds is 4. The Balaban J connectivity index is 3.29. The van der Waals surface area contributed by atoms with Gasteiger partial charge in [-0.2, -0.15) is 0 Å². The van der Waals surface area contributed by atoms with Crippen LogP contribution in [0.2, 0.25) is 0 Å². The second kappa shape index (κ2) is 6.60. The average Bonchev–Trinajstić information content (AvgIpc) is 2.29. The van der Waals surface area contributed by atoms with Gasteiger partial charge in [-0.3, -0.25) is 0 Å². The van der Waals surface area contributed by atoms with Gasteiger partial charge in [-0.1, -0.05) is 0 Å². The van der Waals surface area contributed by atoms with Crippen LogP contribution in [0.5, 0.6) is 5.75 Å². The van der Waals surface area contributed by atoms with E-state index in [1.54, 1.807) is 29.5 Å². The summed E-state index contributed by atoms with van der Waals surface area (Å²) in [5.41, 5.74) is -0.212. The number of nitrogens with zero attached hydrogens (tertiary/aromatic N) is 1. The van der Waals surface area contributed by atoms with E-state index in [9.17, 15) is 18.0 Å². The number of halogens is 5. The SMILES string of the molecule is CCOC(=O)c1c(I)ncc(OC(F)(F)F)c1CCl. The Labute approximate surface area is 125 Å². The van der Waals surface area contributed by atoms with Gasteiger partial charge in [0.05, 0.1) is 24.2 Å². The normalized spacial score (nSPS) is 11.3. The van der Waals surface area contributed by atoms with E-state index in [4.69, 9.17) is 16.3 Å². The second-order valence-corrected chi connectivity index (χ2v) is 4.46. The van der Waals surface area contributed by atoms with Crippen molar-refractivity contribution in [3.05, 3.63) is 21.0 Å². The summed E-state index contributed by atoms with van der Waals surface area (Å²) in [7, 11) is 0. The van der Waals surface area contributed by atoms with Gasteiger partial charge in [-0.15, -0.1) is 24.8 Å². The molecule has 0 aliphatic carbocycles. The van der Waals surface area contributed by atoms with E-state index >= 15 is 0 Å². The molecule has 0 N–H and O–H groups in total. The number of hydrogen-bond donors (Lipinski definition) is 0. The summed E-state index contributed by atoms with van der Waals surface area (Å²) in [5.74, 6) is -1.73. The first-order valence-corrected chi connectivity index (χ1v) is 6.57. The first-order chi connectivity index (χ1) is 8.80. The highest BCUT2D eigenvalue weighted by molar-refractivity contribution is 14.1. The van der Waals surface area contributed by atoms with E-state index in [0.29, 0.717) is 0 Å². The third-order valence-electron chi connectivity index (χ3n) is 1.94. The minimum atomic E-state index is -4.89. The highest BCUT2D eigenvalue weighted by Crippen LogP contribution is 2.31. The fourth-order valence-electron chi connectivity index (χ4n) is 1.26. The van der Waals surface area contributed by atoms with Gasteiger partial charge in [-0.05, 0) is 29.5 Å². The molecule has 19 heavy (non-hydrogen) atoms. The summed E-state index contributed by atoms with van der Waals surface area (Å²) < 4.78 is 45.4. The molecule has 0 aliphatic heterocycles. The quantitative estimate of drug-likeness (QED) is 0.331. The van der Waals surface area contributed by atoms with E-state index in [1.807, 2.05) is 0 Å². The Morgan fingerprint density at radius 2 is 2.16 bits per heavy atom. The van der Waals surface area contributed by atoms with Crippen molar-refractivity contribution in [2.24, 2.45) is 0 Å². The number of carbonyl (C=O) groups excluding carboxylic acids is 1. The van der Waals surface area contributed by atoms with Crippen molar-refractivity contribution in [3.63, 3.8) is 0 Å². The highest BCUT2D eigenvalue weighted by atomic mass is 127. The molecule has 0 fully saturated rings. The largest absolute Gasteiger partial charge is 0.573 e. The van der Waals surface area contributed by atoms with Gasteiger partial charge in [0.15, 0.2) is 5.75 Å². The maximum Gasteiger partial charge on any atom is 0.573 e. The van der Waals surface area contributed by atoms with Gasteiger partial charge < -0.3 is 9.47 Å². The van der Waals surface area contributed by atoms with Crippen LogP contribution in [0.3, 0.4) is 0 Å². The standard InChI is InChI=1S/C10H8ClF3INO3/c1-2-18-9(17)7-5(3-11)6(4-16-8(7)15)19-10(12,13)14/h4H,2-3H2,1H3. The molecule has 1 aromatic rings. The first-order valence-electron chi connectivity index (χ1n) is 4.96. The predicted molar refractivity (Wildman–Crippen MR) is 69.2 cm³/mol. The fourth-order valence-corrected chi connectivity index (χ4v) is 2.21. The molecule has 0 aromatic carbocycles. The number of carbonyl (C=O) groups is 1. The summed E-state index contributed by atoms with van der Waals surface area (Å²) >= 11 is 7.31. The number of ether oxygens (including phenoxy) is 2. The monoisotopic (exact) mass is 409 g/mol. The molecule has 0 aliphatic rings. The molecular weight excluding hydrogens is 401 g/mol. The molecule has 1 aromatic heterocycles. The third kappa shape index (κ3) is 4.37. The van der Waals surface area contributed by atoms with E-state index in [-0.39, 0.29) is 27.3 Å². The number of alkyl halides is 4. The van der Waals surface area contributed by atoms with Gasteiger partial charge in [0, 0.05) is 5.56 Å². The van der Waals surface area contributed by atoms with Crippen molar-refractivity contribution in [2.45, 2.75) is 19.2 Å². The van der Waals surface area contributed by atoms with Crippen LogP contribution in [-0.2, 0) is 10.6 Å². The lowest BCUT2D eigenvalue weighted by atomic mass is 10.1. The van der Waals surface area contributed by atoms with Crippen molar-refractivity contribution >= 4 is 40.2 Å². The molecule has 0 saturated heterocycles. The van der Waals surface area contributed by atoms with E-state index in [2.05, 4.69) is 9.72 Å². The summed E-state index contributed by atoms with van der Waals surface area (Å²) in [6.07, 6.45) is -4.02. The molecule has 0 radical (unpaired) electrons. The van der Waals surface area contributed by atoms with Gasteiger partial charge in [0.1, 0.15) is 3.70 Å². The lowest BCUT2D eigenvalue weighted by Gasteiger charge is -2.15. The van der Waals surface area contributed by atoms with Crippen LogP contribution >= 0.6 is 34.2 Å². The molecule has 1 heterocycles. The third-order valence-corrected chi connectivity index (χ3v) is 3.02. The maximum absolute atomic E-state index is 12.2. The Morgan fingerprint density at radius 3 is 2.63 bits per heavy atom. The molecule has 9 heteroatoms. The Hall–Kier alpha value is -0.770. The van der Waals surface area contributed by atoms with Crippen LogP contribution in [-0.4, -0.2) is 23.9 Å². The number of aromatic nitrogens is 1. The highest BCUT2D eigenvalue weighted by Gasteiger charge is 2.33. The summed E-state index contributed by atoms with van der Waals surface area (Å²) in [6.45, 7) is 1.66. The molecule has 0 spiro atoms. The topological polar surface area (TPSA) is 48.4 Å². The van der Waals surface area contributed by atoms with Crippen LogP contribution in [0.1, 0.15) is 22.8 Å². The molecule has 0 atom stereocenters. The van der Waals surface area contributed by atoms with Crippen molar-refractivity contribution in [1.29, 1.82) is 0 Å². The van der Waals surface area contributed by atoms with Crippen LogP contribution in [0.15, 0.2) is 6.20 Å². The van der Waals surface area contributed by atoms with Gasteiger partial charge in [0.2, 0.25) is 0 Å². The minimum Gasteiger partial charge on any atom is -0.462 e. The number of pyridine rings is 1. The minimum absolute atomic E-state index is 0.0843. The molecule has 0 amide bonds. The number of esters is 1. The average molecular weight is 410 g/mol. The van der Waals surface area contributed by atoms with Gasteiger partial charge in [0.25, 0.3) is 0 Å². The molecule has 0 bridgehead atoms. The van der Waals surface area contributed by atoms with Crippen LogP contribution < -0.4 is 4.74 Å². The smallest absolute Gasteiger partial charge is 0.462 e. The molecule has 0 unspecified atom stereocenters. The van der Waals surface area contributed by atoms with Crippen LogP contribution in [0.25, 0.3) is 0 Å². The Morgan fingerprint density at radius 1 is 1.53 bits per heavy atom. The molecule has 1 rings (SSSR count). The zero-order valence-electron chi connectivity index (χ0n) is 9.55. The van der Waals surface area contributed by atoms with Gasteiger partial charge in [-0.25, -0.2) is 9.78 Å². The molecule has 106 valence electrons. The molecule has 0 saturated carbocycles. The first kappa shape index (κ1) is 16.3. The van der Waals surface area contributed by atoms with Crippen molar-refractivity contribution in [3.8, 4) is 5.75 Å². The Kier molecular flexibility index (Phi) is 5.65. The van der Waals surface area contributed by atoms with Crippen molar-refractivity contribution < 1.29 is 27.4 Å². The lowest BCUT2D eigenvalue weighted by Crippen LogP contribution is -2.20. The van der Waals surface area contributed by atoms with Crippen LogP contribution in [0.4, 0.5) is 13.2 Å². The zero-order valence-corrected chi connectivity index (χ0v) is 12.5. The summed E-state index contributed by atoms with van der Waals surface area (Å²) in [6, 6.07) is 0. The second-order valence-electron chi connectivity index (χ2n) is 3.17. The molecular formula is C10H8ClF3INO3. The van der Waals surface area contributed by atoms with Gasteiger partial charge >= 0.3 is 12.3 Å². The number of hydrogen-bond acceptors (Lipinski definition) is 4. The predicted octanol–water partition coefficient (Wildman–Crippen LogP) is 3.50. The molecule has 4 nitrogen and oxygen atoms in total. The van der Waals surface area contributed by atoms with Crippen molar-refractivity contribution in [2.75, 3.05) is 6.61 Å². The fraction of sp³-hybridized carbons (Fsp3) is 0.400. The maximum atomic E-state index is 12.2. The Bertz CT molecular complexity index is 482. The van der Waals surface area contributed by atoms with E-state index in [1.165, 1.54) is 0 Å². The summed E-state index contributed by atoms with van der Waals surface area (Å²) in [4.78, 5) is 15.4. The van der Waals surface area contributed by atoms with E-state index < -0.39 is 18.1 Å². The van der Waals surface area contributed by atoms with Crippen LogP contribution in [0, 0.1) is 3.70 Å².